The van der Waals surface area contributed by atoms with E-state index in [0.717, 1.165) is 6.42 Å². The average Bonchev–Trinajstić information content (AvgIpc) is 3.08. The predicted octanol–water partition coefficient (Wildman–Crippen LogP) is 7.64. The number of hydrogen-bond acceptors (Lipinski definition) is 4. The first kappa shape index (κ1) is 30.7. The Kier molecular flexibility index (Phi) is 12.3. The molecule has 0 aromatic carbocycles. The summed E-state index contributed by atoms with van der Waals surface area (Å²) in [6.45, 7) is 12.0. The Morgan fingerprint density at radius 3 is 2.47 bits per heavy atom. The van der Waals surface area contributed by atoms with Gasteiger partial charge in [0.15, 0.2) is 14.1 Å². The van der Waals surface area contributed by atoms with Gasteiger partial charge in [-0.2, -0.15) is 0 Å². The van der Waals surface area contributed by atoms with Gasteiger partial charge in [-0.3, -0.25) is 9.59 Å². The molecule has 0 bridgehead atoms. The van der Waals surface area contributed by atoms with E-state index < -0.39 is 20.3 Å². The van der Waals surface area contributed by atoms with Gasteiger partial charge in [0.2, 0.25) is 0 Å². The molecule has 1 unspecified atom stereocenters. The zero-order chi connectivity index (χ0) is 26.0. The molecule has 0 aromatic heterocycles. The van der Waals surface area contributed by atoms with Crippen LogP contribution in [0.3, 0.4) is 0 Å². The van der Waals surface area contributed by atoms with Gasteiger partial charge in [-0.1, -0.05) is 58.8 Å². The Bertz CT molecular complexity index is 710. The summed E-state index contributed by atoms with van der Waals surface area (Å²) in [5.74, 6) is -3.02. The molecule has 1 rings (SSSR count). The highest BCUT2D eigenvalue weighted by Crippen LogP contribution is 2.41. The lowest BCUT2D eigenvalue weighted by atomic mass is 9.86. The number of allylic oxidation sites excluding steroid dienone is 4. The van der Waals surface area contributed by atoms with Crippen molar-refractivity contribution in [1.29, 1.82) is 0 Å². The van der Waals surface area contributed by atoms with E-state index >= 15 is 0 Å². The second-order valence-electron chi connectivity index (χ2n) is 11.0. The topological polar surface area (TPSA) is 52.6 Å². The maximum Gasteiger partial charge on any atom is 0.305 e. The fourth-order valence-electron chi connectivity index (χ4n) is 4.02. The molecule has 0 amide bonds. The summed E-state index contributed by atoms with van der Waals surface area (Å²) >= 11 is 0. The fraction of sp³-hybridized carbons (Fsp3) is 0.778. The first-order chi connectivity index (χ1) is 15.7. The van der Waals surface area contributed by atoms with Gasteiger partial charge >= 0.3 is 5.97 Å². The number of ketones is 1. The Hall–Kier alpha value is -1.34. The largest absolute Gasteiger partial charge is 0.469 e. The summed E-state index contributed by atoms with van der Waals surface area (Å²) in [7, 11) is -0.959. The average molecular weight is 501 g/mol. The molecule has 0 spiro atoms. The number of hydrogen-bond donors (Lipinski definition) is 0. The monoisotopic (exact) mass is 500 g/mol. The molecule has 0 aliphatic heterocycles. The number of alkyl halides is 2. The first-order valence-electron chi connectivity index (χ1n) is 12.7. The van der Waals surface area contributed by atoms with Crippen molar-refractivity contribution in [3.63, 3.8) is 0 Å². The third kappa shape index (κ3) is 9.72. The second kappa shape index (κ2) is 13.7. The molecule has 196 valence electrons. The highest BCUT2D eigenvalue weighted by Gasteiger charge is 2.46. The zero-order valence-corrected chi connectivity index (χ0v) is 23.3. The van der Waals surface area contributed by atoms with Crippen molar-refractivity contribution in [2.24, 2.45) is 11.8 Å². The van der Waals surface area contributed by atoms with E-state index in [4.69, 9.17) is 4.43 Å². The summed E-state index contributed by atoms with van der Waals surface area (Å²) in [6, 6.07) is 0. The van der Waals surface area contributed by atoms with Crippen LogP contribution in [-0.2, 0) is 18.8 Å². The van der Waals surface area contributed by atoms with Crippen molar-refractivity contribution >= 4 is 20.1 Å². The maximum absolute atomic E-state index is 15.0. The van der Waals surface area contributed by atoms with E-state index in [1.165, 1.54) is 7.11 Å². The van der Waals surface area contributed by atoms with Crippen LogP contribution < -0.4 is 0 Å². The van der Waals surface area contributed by atoms with Crippen LogP contribution in [0.5, 0.6) is 0 Å². The molecule has 34 heavy (non-hydrogen) atoms. The predicted molar refractivity (Wildman–Crippen MR) is 137 cm³/mol. The van der Waals surface area contributed by atoms with Gasteiger partial charge in [0, 0.05) is 18.8 Å². The van der Waals surface area contributed by atoms with Crippen molar-refractivity contribution in [3.8, 4) is 0 Å². The Morgan fingerprint density at radius 2 is 1.88 bits per heavy atom. The number of ether oxygens (including phenoxy) is 1. The molecule has 0 radical (unpaired) electrons. The van der Waals surface area contributed by atoms with Crippen molar-refractivity contribution in [1.82, 2.24) is 0 Å². The molecular formula is C27H46F2O4Si. The van der Waals surface area contributed by atoms with E-state index in [-0.39, 0.29) is 35.0 Å². The highest BCUT2D eigenvalue weighted by molar-refractivity contribution is 6.74. The Morgan fingerprint density at radius 1 is 1.21 bits per heavy atom. The van der Waals surface area contributed by atoms with Crippen molar-refractivity contribution in [2.45, 2.75) is 116 Å². The summed E-state index contributed by atoms with van der Waals surface area (Å²) < 4.78 is 40.8. The molecule has 0 heterocycles. The molecule has 1 aliphatic rings. The van der Waals surface area contributed by atoms with Gasteiger partial charge in [-0.25, -0.2) is 8.78 Å². The van der Waals surface area contributed by atoms with Gasteiger partial charge in [0.1, 0.15) is 6.10 Å². The molecular weight excluding hydrogens is 454 g/mol. The highest BCUT2D eigenvalue weighted by atomic mass is 28.4. The number of carbonyl (C=O) groups excluding carboxylic acids is 2. The summed E-state index contributed by atoms with van der Waals surface area (Å²) in [5.41, 5.74) is 0. The number of carbonyl (C=O) groups is 2. The number of esters is 1. The molecule has 0 aromatic rings. The zero-order valence-electron chi connectivity index (χ0n) is 22.3. The summed E-state index contributed by atoms with van der Waals surface area (Å²) in [5, 5.41) is -0.136. The smallest absolute Gasteiger partial charge is 0.305 e. The van der Waals surface area contributed by atoms with Crippen LogP contribution in [0.15, 0.2) is 24.3 Å². The van der Waals surface area contributed by atoms with E-state index in [9.17, 15) is 18.4 Å². The third-order valence-electron chi connectivity index (χ3n) is 7.23. The number of methoxy groups -OCH3 is 1. The molecule has 7 heteroatoms. The van der Waals surface area contributed by atoms with Crippen molar-refractivity contribution < 1.29 is 27.5 Å². The standard InChI is InChI=1S/C27H46F2O4Si/c1-8-20-27(28,29)24(33-34(6,7)26(2,3)4)16-13-14-21-18-19-23(30)22(21)15-11-9-10-12-17-25(31)32-5/h9,11,18-19,21-22,24H,8,10,12-17,20H2,1-7H3/t21-,22-,24?/m1/s1. The van der Waals surface area contributed by atoms with Crippen LogP contribution in [0.4, 0.5) is 8.78 Å². The lowest BCUT2D eigenvalue weighted by molar-refractivity contribution is -0.140. The fourth-order valence-corrected chi connectivity index (χ4v) is 5.38. The number of rotatable bonds is 15. The molecule has 0 saturated heterocycles. The van der Waals surface area contributed by atoms with Crippen LogP contribution in [0, 0.1) is 11.8 Å². The molecule has 4 nitrogen and oxygen atoms in total. The van der Waals surface area contributed by atoms with Gasteiger partial charge in [0.25, 0.3) is 5.92 Å². The summed E-state index contributed by atoms with van der Waals surface area (Å²) in [4.78, 5) is 23.5. The normalized spacial score (nSPS) is 20.3. The van der Waals surface area contributed by atoms with E-state index in [1.807, 2.05) is 31.3 Å². The molecule has 3 atom stereocenters. The van der Waals surface area contributed by atoms with Gasteiger partial charge in [-0.05, 0) is 62.2 Å². The second-order valence-corrected chi connectivity index (χ2v) is 15.8. The molecule has 1 aliphatic carbocycles. The van der Waals surface area contributed by atoms with Gasteiger partial charge in [-0.15, -0.1) is 0 Å². The lowest BCUT2D eigenvalue weighted by Gasteiger charge is -2.41. The van der Waals surface area contributed by atoms with Crippen molar-refractivity contribution in [3.05, 3.63) is 24.3 Å². The van der Waals surface area contributed by atoms with Crippen LogP contribution in [0.1, 0.15) is 85.5 Å². The first-order valence-corrected chi connectivity index (χ1v) is 15.7. The Balaban J connectivity index is 2.67. The van der Waals surface area contributed by atoms with Gasteiger partial charge < -0.3 is 9.16 Å². The molecule has 0 fully saturated rings. The molecule has 0 saturated carbocycles. The quantitative estimate of drug-likeness (QED) is 0.100. The maximum atomic E-state index is 15.0. The lowest BCUT2D eigenvalue weighted by Crippen LogP contribution is -2.49. The third-order valence-corrected chi connectivity index (χ3v) is 11.7. The van der Waals surface area contributed by atoms with E-state index in [1.54, 1.807) is 13.0 Å². The van der Waals surface area contributed by atoms with E-state index in [0.29, 0.717) is 44.9 Å². The SMILES string of the molecule is CCCC(F)(F)C(CCC[C@@H]1C=CC(=O)[C@@H]1CC=CCCCC(=O)OC)O[Si](C)(C)C(C)(C)C. The molecule has 0 N–H and O–H groups in total. The van der Waals surface area contributed by atoms with Gasteiger partial charge in [0.05, 0.1) is 7.11 Å². The van der Waals surface area contributed by atoms with Crippen LogP contribution >= 0.6 is 0 Å². The Labute approximate surface area is 206 Å². The van der Waals surface area contributed by atoms with Crippen LogP contribution in [0.2, 0.25) is 18.1 Å². The van der Waals surface area contributed by atoms with Crippen LogP contribution in [0.25, 0.3) is 0 Å². The number of unbranched alkanes of at least 4 members (excludes halogenated alkanes) is 1. The van der Waals surface area contributed by atoms with Crippen LogP contribution in [-0.4, -0.2) is 39.2 Å². The minimum Gasteiger partial charge on any atom is -0.469 e. The van der Waals surface area contributed by atoms with E-state index in [2.05, 4.69) is 25.5 Å². The number of halogens is 2. The minimum absolute atomic E-state index is 0.0699. The van der Waals surface area contributed by atoms with Crippen molar-refractivity contribution in [2.75, 3.05) is 7.11 Å². The minimum atomic E-state index is -2.85. The summed E-state index contributed by atoms with van der Waals surface area (Å²) in [6.07, 6.45) is 10.8.